The molecule has 1 heterocycles. The second-order valence-electron chi connectivity index (χ2n) is 7.09. The Labute approximate surface area is 180 Å². The Bertz CT molecular complexity index is 1180. The number of aliphatic hydroxyl groups excluding tert-OH is 1. The van der Waals surface area contributed by atoms with Gasteiger partial charge in [0.25, 0.3) is 5.91 Å². The monoisotopic (exact) mass is 419 g/mol. The molecule has 7 heteroatoms. The molecule has 1 aromatic heterocycles. The van der Waals surface area contributed by atoms with Gasteiger partial charge in [-0.05, 0) is 51.1 Å². The van der Waals surface area contributed by atoms with E-state index in [-0.39, 0.29) is 23.9 Å². The summed E-state index contributed by atoms with van der Waals surface area (Å²) in [5.74, 6) is 1.58. The molecule has 0 radical (unpaired) electrons. The average Bonchev–Trinajstić information content (AvgIpc) is 2.74. The van der Waals surface area contributed by atoms with E-state index >= 15 is 0 Å². The molecule has 0 atom stereocenters. The molecule has 0 fully saturated rings. The van der Waals surface area contributed by atoms with Crippen molar-refractivity contribution in [2.45, 2.75) is 20.8 Å². The summed E-state index contributed by atoms with van der Waals surface area (Å²) in [6, 6.07) is 12.6. The number of rotatable bonds is 7. The molecule has 0 bridgehead atoms. The van der Waals surface area contributed by atoms with Crippen LogP contribution < -0.4 is 14.8 Å². The highest BCUT2D eigenvalue weighted by Crippen LogP contribution is 2.33. The van der Waals surface area contributed by atoms with Crippen molar-refractivity contribution in [3.8, 4) is 17.2 Å². The van der Waals surface area contributed by atoms with Crippen LogP contribution in [0.1, 0.15) is 29.8 Å². The summed E-state index contributed by atoms with van der Waals surface area (Å²) in [4.78, 5) is 17.1. The quantitative estimate of drug-likeness (QED) is 0.371. The van der Waals surface area contributed by atoms with Crippen molar-refractivity contribution < 1.29 is 19.4 Å². The number of allylic oxidation sites excluding steroid dienone is 1. The van der Waals surface area contributed by atoms with Crippen molar-refractivity contribution in [2.24, 2.45) is 0 Å². The predicted molar refractivity (Wildman–Crippen MR) is 121 cm³/mol. The number of hydrogen-bond donors (Lipinski definition) is 3. The first-order valence-electron chi connectivity index (χ1n) is 9.74. The molecule has 0 saturated carbocycles. The molecule has 0 spiro atoms. The number of carbonyl (C=O) groups is 1. The van der Waals surface area contributed by atoms with Gasteiger partial charge < -0.3 is 25.3 Å². The van der Waals surface area contributed by atoms with Crippen LogP contribution in [0, 0.1) is 12.3 Å². The molecule has 0 saturated heterocycles. The summed E-state index contributed by atoms with van der Waals surface area (Å²) < 4.78 is 11.4. The van der Waals surface area contributed by atoms with Gasteiger partial charge in [-0.1, -0.05) is 6.07 Å². The van der Waals surface area contributed by atoms with Crippen LogP contribution in [0.4, 0.5) is 0 Å². The van der Waals surface area contributed by atoms with Gasteiger partial charge in [0, 0.05) is 46.6 Å². The normalized spacial score (nSPS) is 11.6. The van der Waals surface area contributed by atoms with Gasteiger partial charge >= 0.3 is 0 Å². The zero-order valence-corrected chi connectivity index (χ0v) is 17.9. The van der Waals surface area contributed by atoms with E-state index in [1.165, 1.54) is 6.92 Å². The van der Waals surface area contributed by atoms with Gasteiger partial charge in [0.2, 0.25) is 0 Å². The molecular weight excluding hydrogens is 394 g/mol. The molecule has 2 aromatic carbocycles. The zero-order chi connectivity index (χ0) is 22.5. The number of aromatic nitrogens is 1. The molecule has 31 heavy (non-hydrogen) atoms. The third-order valence-corrected chi connectivity index (χ3v) is 4.97. The van der Waals surface area contributed by atoms with Gasteiger partial charge in [0.15, 0.2) is 0 Å². The number of fused-ring (bicyclic) bond motifs is 1. The summed E-state index contributed by atoms with van der Waals surface area (Å²) in [5.41, 5.74) is 2.46. The number of ether oxygens (including phenoxy) is 2. The van der Waals surface area contributed by atoms with Crippen molar-refractivity contribution in [3.63, 3.8) is 0 Å². The minimum atomic E-state index is -0.313. The van der Waals surface area contributed by atoms with Gasteiger partial charge in [-0.3, -0.25) is 9.78 Å². The fourth-order valence-electron chi connectivity index (χ4n) is 3.20. The maximum Gasteiger partial charge on any atom is 0.251 e. The highest BCUT2D eigenvalue weighted by molar-refractivity contribution is 5.99. The Morgan fingerprint density at radius 3 is 2.61 bits per heavy atom. The van der Waals surface area contributed by atoms with E-state index in [0.29, 0.717) is 33.9 Å². The number of hydrogen-bond acceptors (Lipinski definition) is 6. The number of pyridine rings is 1. The van der Waals surface area contributed by atoms with Crippen LogP contribution in [0.25, 0.3) is 10.9 Å². The zero-order valence-electron chi connectivity index (χ0n) is 17.9. The van der Waals surface area contributed by atoms with Crippen LogP contribution >= 0.6 is 0 Å². The summed E-state index contributed by atoms with van der Waals surface area (Å²) in [6.45, 7) is 4.94. The Kier molecular flexibility index (Phi) is 6.55. The second-order valence-corrected chi connectivity index (χ2v) is 7.09. The highest BCUT2D eigenvalue weighted by atomic mass is 16.5. The fraction of sp³-hybridized carbons (Fsp3) is 0.208. The molecule has 1 amide bonds. The van der Waals surface area contributed by atoms with E-state index in [0.717, 1.165) is 10.9 Å². The molecule has 0 unspecified atom stereocenters. The van der Waals surface area contributed by atoms with Gasteiger partial charge in [-0.2, -0.15) is 0 Å². The van der Waals surface area contributed by atoms with Crippen LogP contribution in [0.2, 0.25) is 0 Å². The Morgan fingerprint density at radius 2 is 1.94 bits per heavy atom. The van der Waals surface area contributed by atoms with E-state index in [2.05, 4.69) is 10.3 Å². The van der Waals surface area contributed by atoms with Crippen molar-refractivity contribution in [3.05, 3.63) is 71.1 Å². The standard InChI is InChI=1S/C24H25N3O4/c1-14-18(24(29)27-13-20(15(2)25)16(3)28)6-5-7-22(14)31-23-10-11-26-21-12-17(30-4)8-9-19(21)23/h5-12,25,28H,13H2,1-4H3,(H,27,29)/b20-16-,25-15?. The third-order valence-electron chi connectivity index (χ3n) is 4.97. The molecule has 3 rings (SSSR count). The summed E-state index contributed by atoms with van der Waals surface area (Å²) in [5, 5.41) is 21.0. The topological polar surface area (TPSA) is 105 Å². The van der Waals surface area contributed by atoms with Gasteiger partial charge in [-0.25, -0.2) is 0 Å². The minimum absolute atomic E-state index is 0.0165. The van der Waals surface area contributed by atoms with E-state index < -0.39 is 0 Å². The SMILES string of the molecule is COc1ccc2c(Oc3cccc(C(=O)NC/C(C(C)=N)=C(\C)O)c3C)ccnc2c1. The molecule has 0 aliphatic heterocycles. The smallest absolute Gasteiger partial charge is 0.251 e. The summed E-state index contributed by atoms with van der Waals surface area (Å²) in [6.07, 6.45) is 1.66. The molecule has 3 aromatic rings. The molecule has 160 valence electrons. The number of methoxy groups -OCH3 is 1. The maximum absolute atomic E-state index is 12.7. The second kappa shape index (κ2) is 9.30. The third kappa shape index (κ3) is 4.83. The van der Waals surface area contributed by atoms with E-state index in [9.17, 15) is 9.90 Å². The lowest BCUT2D eigenvalue weighted by atomic mass is 10.1. The number of benzene rings is 2. The first-order chi connectivity index (χ1) is 14.8. The first kappa shape index (κ1) is 21.8. The number of nitrogens with one attached hydrogen (secondary N) is 2. The van der Waals surface area contributed by atoms with Gasteiger partial charge in [0.1, 0.15) is 17.2 Å². The summed E-state index contributed by atoms with van der Waals surface area (Å²) >= 11 is 0. The number of carbonyl (C=O) groups excluding carboxylic acids is 1. The van der Waals surface area contributed by atoms with Crippen LogP contribution in [0.15, 0.2) is 60.0 Å². The van der Waals surface area contributed by atoms with Crippen LogP contribution in [0.5, 0.6) is 17.2 Å². The molecule has 7 nitrogen and oxygen atoms in total. The van der Waals surface area contributed by atoms with E-state index in [4.69, 9.17) is 14.9 Å². The average molecular weight is 419 g/mol. The predicted octanol–water partition coefficient (Wildman–Crippen LogP) is 4.95. The number of nitrogens with zero attached hydrogens (tertiary/aromatic N) is 1. The van der Waals surface area contributed by atoms with E-state index in [1.54, 1.807) is 44.5 Å². The Hall–Kier alpha value is -3.87. The minimum Gasteiger partial charge on any atom is -0.512 e. The fourth-order valence-corrected chi connectivity index (χ4v) is 3.20. The van der Waals surface area contributed by atoms with Crippen molar-refractivity contribution in [2.75, 3.05) is 13.7 Å². The molecule has 3 N–H and O–H groups in total. The van der Waals surface area contributed by atoms with Crippen molar-refractivity contribution in [1.29, 1.82) is 5.41 Å². The largest absolute Gasteiger partial charge is 0.512 e. The molecule has 0 aliphatic rings. The lowest BCUT2D eigenvalue weighted by Crippen LogP contribution is -2.28. The van der Waals surface area contributed by atoms with E-state index in [1.807, 2.05) is 25.1 Å². The highest BCUT2D eigenvalue weighted by Gasteiger charge is 2.15. The Morgan fingerprint density at radius 1 is 1.16 bits per heavy atom. The molecular formula is C24H25N3O4. The van der Waals surface area contributed by atoms with Crippen LogP contribution in [0.3, 0.4) is 0 Å². The maximum atomic E-state index is 12.7. The Balaban J connectivity index is 1.86. The lowest BCUT2D eigenvalue weighted by Gasteiger charge is -2.15. The lowest BCUT2D eigenvalue weighted by molar-refractivity contribution is 0.0956. The van der Waals surface area contributed by atoms with Gasteiger partial charge in [-0.15, -0.1) is 0 Å². The number of amides is 1. The molecule has 0 aliphatic carbocycles. The summed E-state index contributed by atoms with van der Waals surface area (Å²) in [7, 11) is 1.60. The first-order valence-corrected chi connectivity index (χ1v) is 9.74. The van der Waals surface area contributed by atoms with Crippen LogP contribution in [-0.2, 0) is 0 Å². The van der Waals surface area contributed by atoms with Gasteiger partial charge in [0.05, 0.1) is 18.4 Å². The number of aliphatic hydroxyl groups is 1. The van der Waals surface area contributed by atoms with Crippen molar-refractivity contribution in [1.82, 2.24) is 10.3 Å². The van der Waals surface area contributed by atoms with Crippen molar-refractivity contribution >= 4 is 22.5 Å². The van der Waals surface area contributed by atoms with Crippen LogP contribution in [-0.4, -0.2) is 35.4 Å².